The zero-order valence-electron chi connectivity index (χ0n) is 13.5. The standard InChI is InChI=1S/C19H18ClN3O/c1-13(2)17-8-3-4-9-18(17)23-19(24)14(11-21)12-22-16-7-5-6-15(20)10-16/h3-10,12-13,22H,1-2H3,(H,23,24)/b14-12-. The number of para-hydroxylation sites is 1. The summed E-state index contributed by atoms with van der Waals surface area (Å²) in [5, 5.41) is 15.5. The lowest BCUT2D eigenvalue weighted by molar-refractivity contribution is -0.112. The van der Waals surface area contributed by atoms with Gasteiger partial charge in [0.05, 0.1) is 0 Å². The number of hydrogen-bond donors (Lipinski definition) is 2. The van der Waals surface area contributed by atoms with Crippen molar-refractivity contribution in [2.24, 2.45) is 0 Å². The Morgan fingerprint density at radius 3 is 2.62 bits per heavy atom. The van der Waals surface area contributed by atoms with Gasteiger partial charge >= 0.3 is 0 Å². The fourth-order valence-corrected chi connectivity index (χ4v) is 2.38. The highest BCUT2D eigenvalue weighted by molar-refractivity contribution is 6.30. The number of anilines is 2. The summed E-state index contributed by atoms with van der Waals surface area (Å²) in [6.45, 7) is 4.10. The smallest absolute Gasteiger partial charge is 0.267 e. The highest BCUT2D eigenvalue weighted by Crippen LogP contribution is 2.24. The molecule has 0 radical (unpaired) electrons. The molecule has 0 fully saturated rings. The van der Waals surface area contributed by atoms with Crippen molar-refractivity contribution >= 4 is 28.9 Å². The minimum atomic E-state index is -0.458. The van der Waals surface area contributed by atoms with Crippen LogP contribution in [0.2, 0.25) is 5.02 Å². The van der Waals surface area contributed by atoms with E-state index in [1.165, 1.54) is 6.20 Å². The molecule has 5 heteroatoms. The normalized spacial score (nSPS) is 11.0. The fourth-order valence-electron chi connectivity index (χ4n) is 2.19. The number of carbonyl (C=O) groups excluding carboxylic acids is 1. The molecule has 0 aliphatic rings. The number of benzene rings is 2. The third-order valence-electron chi connectivity index (χ3n) is 3.40. The van der Waals surface area contributed by atoms with Crippen LogP contribution in [0.5, 0.6) is 0 Å². The molecule has 2 aromatic rings. The van der Waals surface area contributed by atoms with Crippen molar-refractivity contribution in [2.45, 2.75) is 19.8 Å². The average molecular weight is 340 g/mol. The van der Waals surface area contributed by atoms with E-state index in [0.717, 1.165) is 5.56 Å². The molecule has 0 aliphatic carbocycles. The van der Waals surface area contributed by atoms with Crippen LogP contribution in [0.3, 0.4) is 0 Å². The van der Waals surface area contributed by atoms with Crippen LogP contribution < -0.4 is 10.6 Å². The predicted octanol–water partition coefficient (Wildman–Crippen LogP) is 4.92. The lowest BCUT2D eigenvalue weighted by atomic mass is 10.0. The van der Waals surface area contributed by atoms with Crippen LogP contribution in [-0.2, 0) is 4.79 Å². The molecule has 0 aliphatic heterocycles. The molecule has 0 aromatic heterocycles. The van der Waals surface area contributed by atoms with Gasteiger partial charge in [0.2, 0.25) is 0 Å². The SMILES string of the molecule is CC(C)c1ccccc1NC(=O)/C(C#N)=C\Nc1cccc(Cl)c1. The lowest BCUT2D eigenvalue weighted by Crippen LogP contribution is -2.16. The van der Waals surface area contributed by atoms with Crippen molar-refractivity contribution in [3.63, 3.8) is 0 Å². The molecule has 0 atom stereocenters. The molecule has 0 saturated heterocycles. The Morgan fingerprint density at radius 2 is 1.96 bits per heavy atom. The number of halogens is 1. The Kier molecular flexibility index (Phi) is 6.00. The van der Waals surface area contributed by atoms with Crippen molar-refractivity contribution in [3.8, 4) is 6.07 Å². The maximum Gasteiger partial charge on any atom is 0.267 e. The molecule has 0 saturated carbocycles. The molecule has 0 bridgehead atoms. The zero-order valence-corrected chi connectivity index (χ0v) is 14.3. The first-order chi connectivity index (χ1) is 11.5. The molecule has 24 heavy (non-hydrogen) atoms. The molecule has 0 heterocycles. The minimum absolute atomic E-state index is 0.0199. The summed E-state index contributed by atoms with van der Waals surface area (Å²) in [6, 6.07) is 16.5. The topological polar surface area (TPSA) is 64.9 Å². The highest BCUT2D eigenvalue weighted by atomic mass is 35.5. The van der Waals surface area contributed by atoms with E-state index < -0.39 is 5.91 Å². The first-order valence-electron chi connectivity index (χ1n) is 7.54. The molecule has 0 spiro atoms. The second-order valence-corrected chi connectivity index (χ2v) is 5.96. The number of hydrogen-bond acceptors (Lipinski definition) is 3. The van der Waals surface area contributed by atoms with E-state index in [1.807, 2.05) is 44.2 Å². The zero-order chi connectivity index (χ0) is 17.5. The van der Waals surface area contributed by atoms with Gasteiger partial charge < -0.3 is 10.6 Å². The number of amides is 1. The van der Waals surface area contributed by atoms with Crippen molar-refractivity contribution < 1.29 is 4.79 Å². The maximum atomic E-state index is 12.3. The fraction of sp³-hybridized carbons (Fsp3) is 0.158. The van der Waals surface area contributed by atoms with Crippen molar-refractivity contribution in [1.29, 1.82) is 5.26 Å². The second-order valence-electron chi connectivity index (χ2n) is 5.52. The van der Waals surface area contributed by atoms with E-state index in [4.69, 9.17) is 11.6 Å². The molecule has 4 nitrogen and oxygen atoms in total. The molecular formula is C19H18ClN3O. The van der Waals surface area contributed by atoms with Gasteiger partial charge in [-0.15, -0.1) is 0 Å². The van der Waals surface area contributed by atoms with Crippen LogP contribution >= 0.6 is 11.6 Å². The van der Waals surface area contributed by atoms with Crippen LogP contribution in [0.1, 0.15) is 25.3 Å². The van der Waals surface area contributed by atoms with Gasteiger partial charge in [-0.05, 0) is 35.7 Å². The molecular weight excluding hydrogens is 322 g/mol. The predicted molar refractivity (Wildman–Crippen MR) is 97.9 cm³/mol. The summed E-state index contributed by atoms with van der Waals surface area (Å²) in [7, 11) is 0. The van der Waals surface area contributed by atoms with E-state index in [2.05, 4.69) is 10.6 Å². The third-order valence-corrected chi connectivity index (χ3v) is 3.64. The lowest BCUT2D eigenvalue weighted by Gasteiger charge is -2.13. The van der Waals surface area contributed by atoms with Crippen molar-refractivity contribution in [2.75, 3.05) is 10.6 Å². The summed E-state index contributed by atoms with van der Waals surface area (Å²) in [5.41, 5.74) is 2.41. The van der Waals surface area contributed by atoms with Gasteiger partial charge in [-0.1, -0.05) is 49.7 Å². The van der Waals surface area contributed by atoms with Gasteiger partial charge in [-0.2, -0.15) is 5.26 Å². The molecule has 2 rings (SSSR count). The van der Waals surface area contributed by atoms with E-state index in [-0.39, 0.29) is 11.5 Å². The van der Waals surface area contributed by atoms with Gasteiger partial charge in [-0.25, -0.2) is 0 Å². The first-order valence-corrected chi connectivity index (χ1v) is 7.91. The van der Waals surface area contributed by atoms with Crippen molar-refractivity contribution in [3.05, 3.63) is 70.9 Å². The van der Waals surface area contributed by atoms with Crippen LogP contribution in [0.4, 0.5) is 11.4 Å². The van der Waals surface area contributed by atoms with E-state index in [1.54, 1.807) is 24.3 Å². The average Bonchev–Trinajstić information content (AvgIpc) is 2.55. The molecule has 2 aromatic carbocycles. The van der Waals surface area contributed by atoms with Gasteiger partial charge in [-0.3, -0.25) is 4.79 Å². The second kappa shape index (κ2) is 8.19. The summed E-state index contributed by atoms with van der Waals surface area (Å²) < 4.78 is 0. The van der Waals surface area contributed by atoms with Gasteiger partial charge in [0, 0.05) is 22.6 Å². The van der Waals surface area contributed by atoms with Gasteiger partial charge in [0.1, 0.15) is 11.6 Å². The van der Waals surface area contributed by atoms with Gasteiger partial charge in [0.15, 0.2) is 0 Å². The Hall–Kier alpha value is -2.77. The number of carbonyl (C=O) groups is 1. The molecule has 0 unspecified atom stereocenters. The van der Waals surface area contributed by atoms with Crippen LogP contribution in [0, 0.1) is 11.3 Å². The third kappa shape index (κ3) is 4.61. The summed E-state index contributed by atoms with van der Waals surface area (Å²) >= 11 is 5.91. The van der Waals surface area contributed by atoms with E-state index in [0.29, 0.717) is 16.4 Å². The number of nitrogens with one attached hydrogen (secondary N) is 2. The van der Waals surface area contributed by atoms with E-state index >= 15 is 0 Å². The largest absolute Gasteiger partial charge is 0.360 e. The first kappa shape index (κ1) is 17.6. The Morgan fingerprint density at radius 1 is 1.21 bits per heavy atom. The van der Waals surface area contributed by atoms with Crippen LogP contribution in [-0.4, -0.2) is 5.91 Å². The Bertz CT molecular complexity index is 806. The number of nitrogens with zero attached hydrogens (tertiary/aromatic N) is 1. The summed E-state index contributed by atoms with van der Waals surface area (Å²) in [5.74, 6) is -0.194. The Labute approximate surface area is 146 Å². The Balaban J connectivity index is 2.15. The van der Waals surface area contributed by atoms with E-state index in [9.17, 15) is 10.1 Å². The number of rotatable bonds is 5. The summed E-state index contributed by atoms with van der Waals surface area (Å²) in [4.78, 5) is 12.3. The minimum Gasteiger partial charge on any atom is -0.360 e. The monoisotopic (exact) mass is 339 g/mol. The highest BCUT2D eigenvalue weighted by Gasteiger charge is 2.12. The molecule has 122 valence electrons. The van der Waals surface area contributed by atoms with Crippen molar-refractivity contribution in [1.82, 2.24) is 0 Å². The summed E-state index contributed by atoms with van der Waals surface area (Å²) in [6.07, 6.45) is 1.37. The molecule has 2 N–H and O–H groups in total. The number of nitriles is 1. The quantitative estimate of drug-likeness (QED) is 0.600. The van der Waals surface area contributed by atoms with Gasteiger partial charge in [0.25, 0.3) is 5.91 Å². The maximum absolute atomic E-state index is 12.3. The van der Waals surface area contributed by atoms with Crippen LogP contribution in [0.25, 0.3) is 0 Å². The molecule has 1 amide bonds. The van der Waals surface area contributed by atoms with Crippen LogP contribution in [0.15, 0.2) is 60.3 Å².